The molecule has 1 amide bonds. The Labute approximate surface area is 231 Å². The van der Waals surface area contributed by atoms with E-state index in [1.165, 1.54) is 7.11 Å². The molecule has 3 N–H and O–H groups in total. The number of esters is 1. The number of aromatic amines is 1. The molecule has 0 saturated heterocycles. The monoisotopic (exact) mass is 535 g/mol. The minimum Gasteiger partial charge on any atom is -0.507 e. The van der Waals surface area contributed by atoms with Crippen molar-refractivity contribution in [3.8, 4) is 28.1 Å². The van der Waals surface area contributed by atoms with Crippen molar-refractivity contribution in [3.63, 3.8) is 0 Å². The Hall–Kier alpha value is -4.95. The van der Waals surface area contributed by atoms with Crippen molar-refractivity contribution in [1.82, 2.24) is 15.3 Å². The molecule has 202 valence electrons. The Morgan fingerprint density at radius 3 is 2.48 bits per heavy atom. The normalized spacial score (nSPS) is 11.7. The zero-order chi connectivity index (χ0) is 27.9. The lowest BCUT2D eigenvalue weighted by Gasteiger charge is -2.17. The molecule has 2 aromatic heterocycles. The number of carbonyl (C=O) groups excluding carboxylic acids is 2. The molecule has 5 aromatic rings. The molecule has 1 unspecified atom stereocenters. The van der Waals surface area contributed by atoms with E-state index in [0.29, 0.717) is 17.7 Å². The first kappa shape index (κ1) is 26.6. The predicted molar refractivity (Wildman–Crippen MR) is 152 cm³/mol. The smallest absolute Gasteiger partial charge is 0.330 e. The predicted octanol–water partition coefficient (Wildman–Crippen LogP) is 5.02. The standard InChI is InChI=1S/C32H29N3O5/c1-39-32(38)29(20-40-19-22-6-3-2-4-7-22)35-30(36)16-21-10-12-23(13-11-21)25-8-5-9-26(31(25)37)27-17-24-14-15-33-18-28(24)34-27/h2-15,17-18,29,34,37H,16,19-20H2,1H3,(H,35,36). The van der Waals surface area contributed by atoms with E-state index in [9.17, 15) is 14.7 Å². The number of hydrogen-bond donors (Lipinski definition) is 3. The lowest BCUT2D eigenvalue weighted by Crippen LogP contribution is -2.45. The summed E-state index contributed by atoms with van der Waals surface area (Å²) in [6.45, 7) is 0.311. The number of phenols is 1. The Morgan fingerprint density at radius 1 is 0.950 bits per heavy atom. The molecule has 5 rings (SSSR count). The van der Waals surface area contributed by atoms with E-state index in [1.54, 1.807) is 12.4 Å². The Kier molecular flexibility index (Phi) is 8.18. The van der Waals surface area contributed by atoms with Gasteiger partial charge in [0.05, 0.1) is 44.2 Å². The molecule has 1 atom stereocenters. The van der Waals surface area contributed by atoms with Crippen molar-refractivity contribution < 1.29 is 24.2 Å². The molecule has 2 heterocycles. The molecule has 0 aliphatic rings. The number of nitrogens with one attached hydrogen (secondary N) is 2. The first-order valence-electron chi connectivity index (χ1n) is 12.8. The maximum Gasteiger partial charge on any atom is 0.330 e. The number of ether oxygens (including phenoxy) is 2. The van der Waals surface area contributed by atoms with Gasteiger partial charge in [-0.2, -0.15) is 0 Å². The van der Waals surface area contributed by atoms with Crippen LogP contribution in [-0.4, -0.2) is 46.7 Å². The van der Waals surface area contributed by atoms with Crippen LogP contribution in [0.3, 0.4) is 0 Å². The molecule has 0 fully saturated rings. The summed E-state index contributed by atoms with van der Waals surface area (Å²) in [7, 11) is 1.27. The van der Waals surface area contributed by atoms with Crippen LogP contribution >= 0.6 is 0 Å². The third-order valence-electron chi connectivity index (χ3n) is 6.60. The maximum absolute atomic E-state index is 12.7. The lowest BCUT2D eigenvalue weighted by atomic mass is 9.98. The van der Waals surface area contributed by atoms with Crippen molar-refractivity contribution in [2.45, 2.75) is 19.1 Å². The highest BCUT2D eigenvalue weighted by Gasteiger charge is 2.22. The molecule has 0 spiro atoms. The van der Waals surface area contributed by atoms with Crippen molar-refractivity contribution in [2.24, 2.45) is 0 Å². The number of aromatic hydroxyl groups is 1. The van der Waals surface area contributed by atoms with Crippen LogP contribution in [0.25, 0.3) is 33.3 Å². The second-order valence-electron chi connectivity index (χ2n) is 9.37. The second kappa shape index (κ2) is 12.3. The largest absolute Gasteiger partial charge is 0.507 e. The lowest BCUT2D eigenvalue weighted by molar-refractivity contribution is -0.147. The molecule has 0 radical (unpaired) electrons. The van der Waals surface area contributed by atoms with Gasteiger partial charge in [-0.3, -0.25) is 9.78 Å². The number of carbonyl (C=O) groups is 2. The van der Waals surface area contributed by atoms with Gasteiger partial charge >= 0.3 is 5.97 Å². The van der Waals surface area contributed by atoms with Crippen LogP contribution < -0.4 is 5.32 Å². The number of rotatable bonds is 10. The molecule has 0 saturated carbocycles. The first-order chi connectivity index (χ1) is 19.5. The van der Waals surface area contributed by atoms with Gasteiger partial charge in [0.1, 0.15) is 5.75 Å². The average Bonchev–Trinajstić information content (AvgIpc) is 3.41. The number of nitrogens with zero attached hydrogens (tertiary/aromatic N) is 1. The van der Waals surface area contributed by atoms with E-state index in [2.05, 4.69) is 15.3 Å². The van der Waals surface area contributed by atoms with Gasteiger partial charge in [-0.15, -0.1) is 0 Å². The van der Waals surface area contributed by atoms with Gasteiger partial charge in [0.25, 0.3) is 0 Å². The zero-order valence-corrected chi connectivity index (χ0v) is 22.0. The summed E-state index contributed by atoms with van der Waals surface area (Å²) in [5, 5.41) is 14.8. The highest BCUT2D eigenvalue weighted by molar-refractivity contribution is 5.89. The molecular weight excluding hydrogens is 506 g/mol. The van der Waals surface area contributed by atoms with E-state index in [0.717, 1.165) is 33.3 Å². The van der Waals surface area contributed by atoms with Crippen LogP contribution in [0, 0.1) is 0 Å². The molecule has 0 bridgehead atoms. The van der Waals surface area contributed by atoms with Gasteiger partial charge in [-0.1, -0.05) is 66.7 Å². The number of para-hydroxylation sites is 1. The fourth-order valence-corrected chi connectivity index (χ4v) is 4.52. The van der Waals surface area contributed by atoms with Gasteiger partial charge in [0.15, 0.2) is 6.04 Å². The fraction of sp³-hybridized carbons (Fsp3) is 0.156. The second-order valence-corrected chi connectivity index (χ2v) is 9.37. The zero-order valence-electron chi connectivity index (χ0n) is 22.0. The van der Waals surface area contributed by atoms with Gasteiger partial charge in [0.2, 0.25) is 5.91 Å². The van der Waals surface area contributed by atoms with Crippen LogP contribution in [0.15, 0.2) is 97.3 Å². The highest BCUT2D eigenvalue weighted by Crippen LogP contribution is 2.38. The van der Waals surface area contributed by atoms with Gasteiger partial charge < -0.3 is 24.9 Å². The number of pyridine rings is 1. The number of fused-ring (bicyclic) bond motifs is 1. The SMILES string of the molecule is COC(=O)C(COCc1ccccc1)NC(=O)Cc1ccc(-c2cccc(-c3cc4ccncc4[nH]3)c2O)cc1. The van der Waals surface area contributed by atoms with Gasteiger partial charge in [-0.25, -0.2) is 4.79 Å². The third kappa shape index (κ3) is 6.19. The molecule has 0 aliphatic heterocycles. The quantitative estimate of drug-likeness (QED) is 0.217. The summed E-state index contributed by atoms with van der Waals surface area (Å²) < 4.78 is 10.5. The summed E-state index contributed by atoms with van der Waals surface area (Å²) in [6.07, 6.45) is 3.55. The van der Waals surface area contributed by atoms with E-state index in [-0.39, 0.29) is 24.7 Å². The summed E-state index contributed by atoms with van der Waals surface area (Å²) >= 11 is 0. The van der Waals surface area contributed by atoms with Crippen LogP contribution in [0.5, 0.6) is 5.75 Å². The van der Waals surface area contributed by atoms with E-state index >= 15 is 0 Å². The number of hydrogen-bond acceptors (Lipinski definition) is 6. The van der Waals surface area contributed by atoms with Gasteiger partial charge in [-0.05, 0) is 34.9 Å². The molecular formula is C32H29N3O5. The van der Waals surface area contributed by atoms with Crippen molar-refractivity contribution in [3.05, 3.63) is 108 Å². The minimum atomic E-state index is -0.916. The third-order valence-corrected chi connectivity index (χ3v) is 6.60. The van der Waals surface area contributed by atoms with E-state index in [1.807, 2.05) is 84.9 Å². The molecule has 8 heteroatoms. The average molecular weight is 536 g/mol. The molecule has 3 aromatic carbocycles. The summed E-state index contributed by atoms with van der Waals surface area (Å²) in [5.41, 5.74) is 5.57. The van der Waals surface area contributed by atoms with Crippen LogP contribution in [0.4, 0.5) is 0 Å². The summed E-state index contributed by atoms with van der Waals surface area (Å²) in [4.78, 5) is 32.4. The van der Waals surface area contributed by atoms with Crippen molar-refractivity contribution >= 4 is 22.8 Å². The van der Waals surface area contributed by atoms with Crippen molar-refractivity contribution in [2.75, 3.05) is 13.7 Å². The number of H-pyrrole nitrogens is 1. The number of amides is 1. The number of methoxy groups -OCH3 is 1. The molecule has 8 nitrogen and oxygen atoms in total. The maximum atomic E-state index is 12.7. The van der Waals surface area contributed by atoms with Crippen LogP contribution in [0.2, 0.25) is 0 Å². The molecule has 0 aliphatic carbocycles. The van der Waals surface area contributed by atoms with E-state index < -0.39 is 12.0 Å². The fourth-order valence-electron chi connectivity index (χ4n) is 4.52. The van der Waals surface area contributed by atoms with Gasteiger partial charge in [0, 0.05) is 22.7 Å². The minimum absolute atomic E-state index is 0.00521. The number of benzene rings is 3. The van der Waals surface area contributed by atoms with Crippen molar-refractivity contribution in [1.29, 1.82) is 0 Å². The summed E-state index contributed by atoms with van der Waals surface area (Å²) in [6, 6.07) is 25.5. The van der Waals surface area contributed by atoms with E-state index in [4.69, 9.17) is 9.47 Å². The molecule has 40 heavy (non-hydrogen) atoms. The number of aromatic nitrogens is 2. The first-order valence-corrected chi connectivity index (χ1v) is 12.8. The number of phenolic OH excluding ortho intramolecular Hbond substituents is 1. The Balaban J connectivity index is 1.24. The Bertz CT molecular complexity index is 1580. The Morgan fingerprint density at radius 2 is 1.73 bits per heavy atom. The summed E-state index contributed by atoms with van der Waals surface area (Å²) in [5.74, 6) is -0.744. The highest BCUT2D eigenvalue weighted by atomic mass is 16.5. The topological polar surface area (TPSA) is 114 Å². The van der Waals surface area contributed by atoms with Crippen LogP contribution in [0.1, 0.15) is 11.1 Å². The van der Waals surface area contributed by atoms with Crippen LogP contribution in [-0.2, 0) is 32.1 Å².